The predicted octanol–water partition coefficient (Wildman–Crippen LogP) is 3.20. The molecule has 0 aliphatic heterocycles. The van der Waals surface area contributed by atoms with Crippen LogP contribution in [0.25, 0.3) is 0 Å². The first-order valence-electron chi connectivity index (χ1n) is 4.56. The summed E-state index contributed by atoms with van der Waals surface area (Å²) in [5.41, 5.74) is 0. The van der Waals surface area contributed by atoms with Crippen molar-refractivity contribution in [2.45, 2.75) is 9.79 Å². The lowest BCUT2D eigenvalue weighted by atomic mass is 10.4. The number of rotatable bonds is 2. The van der Waals surface area contributed by atoms with Gasteiger partial charge in [-0.25, -0.2) is 14.0 Å². The van der Waals surface area contributed by atoms with Gasteiger partial charge in [-0.3, -0.25) is 0 Å². The van der Waals surface area contributed by atoms with E-state index in [1.54, 1.807) is 30.3 Å². The molecule has 0 fully saturated rings. The van der Waals surface area contributed by atoms with E-state index in [9.17, 15) is 4.21 Å². The minimum Gasteiger partial charge on any atom is -0.245 e. The maximum absolute atomic E-state index is 12.3. The van der Waals surface area contributed by atoms with Crippen LogP contribution in [0, 0.1) is 4.78 Å². The molecule has 1 unspecified atom stereocenters. The highest BCUT2D eigenvalue weighted by Crippen LogP contribution is 2.21. The van der Waals surface area contributed by atoms with Crippen LogP contribution in [-0.4, -0.2) is 9.19 Å². The number of halogens is 1. The van der Waals surface area contributed by atoms with Gasteiger partial charge in [-0.2, -0.15) is 0 Å². The standard InChI is InChI=1S/C11H9ClN2OS/c12-11-7-6-10(8-14-11)16(13,15)9-4-2-1-3-5-9/h1-8,13H. The van der Waals surface area contributed by atoms with Gasteiger partial charge in [0.15, 0.2) is 0 Å². The summed E-state index contributed by atoms with van der Waals surface area (Å²) in [6.07, 6.45) is 1.38. The van der Waals surface area contributed by atoms with Gasteiger partial charge in [0.1, 0.15) is 14.9 Å². The highest BCUT2D eigenvalue weighted by molar-refractivity contribution is 7.92. The number of nitrogens with one attached hydrogen (secondary N) is 1. The van der Waals surface area contributed by atoms with E-state index in [4.69, 9.17) is 16.4 Å². The van der Waals surface area contributed by atoms with Crippen molar-refractivity contribution in [3.63, 3.8) is 0 Å². The predicted molar refractivity (Wildman–Crippen MR) is 63.1 cm³/mol. The largest absolute Gasteiger partial charge is 0.245 e. The summed E-state index contributed by atoms with van der Waals surface area (Å²) in [6, 6.07) is 11.8. The summed E-state index contributed by atoms with van der Waals surface area (Å²) in [5, 5.41) is 0.326. The number of nitrogens with zero attached hydrogens (tertiary/aromatic N) is 1. The third kappa shape index (κ3) is 2.08. The fourth-order valence-corrected chi connectivity index (χ4v) is 2.67. The van der Waals surface area contributed by atoms with Gasteiger partial charge in [0.05, 0.1) is 9.79 Å². The summed E-state index contributed by atoms with van der Waals surface area (Å²) < 4.78 is 20.2. The summed E-state index contributed by atoms with van der Waals surface area (Å²) in [4.78, 5) is 4.67. The number of hydrogen-bond acceptors (Lipinski definition) is 3. The van der Waals surface area contributed by atoms with E-state index in [1.807, 2.05) is 6.07 Å². The van der Waals surface area contributed by atoms with E-state index in [0.29, 0.717) is 14.9 Å². The molecule has 2 aromatic rings. The minimum absolute atomic E-state index is 0.326. The van der Waals surface area contributed by atoms with Gasteiger partial charge < -0.3 is 0 Å². The lowest BCUT2D eigenvalue weighted by Crippen LogP contribution is -2.00. The molecule has 0 radical (unpaired) electrons. The first-order valence-corrected chi connectivity index (χ1v) is 6.50. The number of aromatic nitrogens is 1. The lowest BCUT2D eigenvalue weighted by molar-refractivity contribution is 0.674. The highest BCUT2D eigenvalue weighted by Gasteiger charge is 2.12. The monoisotopic (exact) mass is 252 g/mol. The fraction of sp³-hybridized carbons (Fsp3) is 0. The van der Waals surface area contributed by atoms with Gasteiger partial charge in [-0.1, -0.05) is 29.8 Å². The Morgan fingerprint density at radius 3 is 2.31 bits per heavy atom. The molecule has 0 spiro atoms. The zero-order chi connectivity index (χ0) is 11.6. The van der Waals surface area contributed by atoms with E-state index in [-0.39, 0.29) is 0 Å². The second kappa shape index (κ2) is 4.23. The molecule has 0 saturated heterocycles. The van der Waals surface area contributed by atoms with Crippen LogP contribution in [0.2, 0.25) is 5.15 Å². The fourth-order valence-electron chi connectivity index (χ4n) is 1.28. The van der Waals surface area contributed by atoms with Crippen molar-refractivity contribution >= 4 is 21.3 Å². The highest BCUT2D eigenvalue weighted by atomic mass is 35.5. The maximum Gasteiger partial charge on any atom is 0.129 e. The third-order valence-corrected chi connectivity index (χ3v) is 4.17. The molecule has 82 valence electrons. The zero-order valence-electron chi connectivity index (χ0n) is 8.26. The molecule has 1 heterocycles. The first-order chi connectivity index (χ1) is 7.60. The van der Waals surface area contributed by atoms with Gasteiger partial charge in [-0.15, -0.1) is 0 Å². The van der Waals surface area contributed by atoms with Crippen molar-refractivity contribution in [1.29, 1.82) is 4.78 Å². The SMILES string of the molecule is N=S(=O)(c1ccccc1)c1ccc(Cl)nc1. The van der Waals surface area contributed by atoms with E-state index in [1.165, 1.54) is 12.3 Å². The van der Waals surface area contributed by atoms with Gasteiger partial charge in [0, 0.05) is 6.20 Å². The van der Waals surface area contributed by atoms with Crippen molar-refractivity contribution in [1.82, 2.24) is 4.98 Å². The van der Waals surface area contributed by atoms with Crippen LogP contribution < -0.4 is 0 Å². The molecule has 2 rings (SSSR count). The van der Waals surface area contributed by atoms with Crippen LogP contribution in [0.3, 0.4) is 0 Å². The molecule has 0 bridgehead atoms. The molecule has 16 heavy (non-hydrogen) atoms. The second-order valence-electron chi connectivity index (χ2n) is 3.19. The van der Waals surface area contributed by atoms with Crippen LogP contribution in [0.4, 0.5) is 0 Å². The Bertz CT molecular complexity index is 579. The van der Waals surface area contributed by atoms with E-state index in [0.717, 1.165) is 0 Å². The topological polar surface area (TPSA) is 53.8 Å². The lowest BCUT2D eigenvalue weighted by Gasteiger charge is -2.06. The van der Waals surface area contributed by atoms with Crippen LogP contribution in [0.5, 0.6) is 0 Å². The van der Waals surface area contributed by atoms with Crippen molar-refractivity contribution in [2.75, 3.05) is 0 Å². The smallest absolute Gasteiger partial charge is 0.129 e. The molecule has 0 aliphatic rings. The summed E-state index contributed by atoms with van der Waals surface area (Å²) in [5.74, 6) is 0. The van der Waals surface area contributed by atoms with E-state index < -0.39 is 9.73 Å². The van der Waals surface area contributed by atoms with Gasteiger partial charge in [0.25, 0.3) is 0 Å². The molecule has 0 amide bonds. The minimum atomic E-state index is -2.98. The average molecular weight is 253 g/mol. The average Bonchev–Trinajstić information content (AvgIpc) is 2.31. The van der Waals surface area contributed by atoms with Crippen molar-refractivity contribution in [3.8, 4) is 0 Å². The molecule has 3 nitrogen and oxygen atoms in total. The Morgan fingerprint density at radius 2 is 1.75 bits per heavy atom. The normalized spacial score (nSPS) is 14.3. The Labute approximate surface area is 99.1 Å². The second-order valence-corrected chi connectivity index (χ2v) is 5.63. The molecule has 1 N–H and O–H groups in total. The number of pyridine rings is 1. The molecule has 1 aromatic carbocycles. The molecule has 0 aliphatic carbocycles. The summed E-state index contributed by atoms with van der Waals surface area (Å²) in [7, 11) is -2.98. The Hall–Kier alpha value is -1.39. The molecular formula is C11H9ClN2OS. The van der Waals surface area contributed by atoms with Crippen LogP contribution >= 0.6 is 11.6 Å². The van der Waals surface area contributed by atoms with Crippen LogP contribution in [0.15, 0.2) is 58.5 Å². The molecule has 1 atom stereocenters. The van der Waals surface area contributed by atoms with Crippen LogP contribution in [-0.2, 0) is 9.73 Å². The van der Waals surface area contributed by atoms with Crippen molar-refractivity contribution in [2.24, 2.45) is 0 Å². The summed E-state index contributed by atoms with van der Waals surface area (Å²) >= 11 is 5.64. The van der Waals surface area contributed by atoms with Crippen molar-refractivity contribution < 1.29 is 4.21 Å². The Balaban J connectivity index is 2.52. The molecule has 0 saturated carbocycles. The molecular weight excluding hydrogens is 244 g/mol. The van der Waals surface area contributed by atoms with Gasteiger partial charge >= 0.3 is 0 Å². The Morgan fingerprint density at radius 1 is 1.06 bits per heavy atom. The summed E-state index contributed by atoms with van der Waals surface area (Å²) in [6.45, 7) is 0. The maximum atomic E-state index is 12.3. The zero-order valence-corrected chi connectivity index (χ0v) is 9.83. The van der Waals surface area contributed by atoms with Gasteiger partial charge in [0.2, 0.25) is 0 Å². The molecule has 5 heteroatoms. The van der Waals surface area contributed by atoms with Crippen LogP contribution in [0.1, 0.15) is 0 Å². The number of benzene rings is 1. The van der Waals surface area contributed by atoms with E-state index >= 15 is 0 Å². The van der Waals surface area contributed by atoms with Crippen molar-refractivity contribution in [3.05, 3.63) is 53.8 Å². The first kappa shape index (κ1) is 11.1. The number of hydrogen-bond donors (Lipinski definition) is 1. The quantitative estimate of drug-likeness (QED) is 0.835. The molecule has 1 aromatic heterocycles. The third-order valence-electron chi connectivity index (χ3n) is 2.11. The van der Waals surface area contributed by atoms with Gasteiger partial charge in [-0.05, 0) is 24.3 Å². The van der Waals surface area contributed by atoms with E-state index in [2.05, 4.69) is 4.98 Å². The Kier molecular flexibility index (Phi) is 2.94.